The van der Waals surface area contributed by atoms with E-state index in [4.69, 9.17) is 15.9 Å². The van der Waals surface area contributed by atoms with Gasteiger partial charge in [0.25, 0.3) is 0 Å². The smallest absolute Gasteiger partial charge is 0.129 e. The van der Waals surface area contributed by atoms with Crippen LogP contribution in [0.25, 0.3) is 0 Å². The van der Waals surface area contributed by atoms with Crippen molar-refractivity contribution in [3.8, 4) is 0 Å². The summed E-state index contributed by atoms with van der Waals surface area (Å²) in [5.74, 6) is 0.961. The Morgan fingerprint density at radius 2 is 2.35 bits per heavy atom. The molecule has 1 aromatic heterocycles. The van der Waals surface area contributed by atoms with Gasteiger partial charge in [0.15, 0.2) is 0 Å². The van der Waals surface area contributed by atoms with Gasteiger partial charge in [-0.3, -0.25) is 5.41 Å². The topological polar surface area (TPSA) is 75.2 Å². The Morgan fingerprint density at radius 3 is 3.00 bits per heavy atom. The third-order valence-electron chi connectivity index (χ3n) is 2.82. The summed E-state index contributed by atoms with van der Waals surface area (Å²) in [5.41, 5.74) is 7.13. The van der Waals surface area contributed by atoms with Crippen molar-refractivity contribution in [2.75, 3.05) is 24.6 Å². The molecular weight excluding hydrogens is 216 g/mol. The number of rotatable bonds is 2. The third-order valence-corrected chi connectivity index (χ3v) is 2.82. The molecular formula is C12H18N4O. The van der Waals surface area contributed by atoms with Crippen LogP contribution < -0.4 is 10.6 Å². The highest BCUT2D eigenvalue weighted by Crippen LogP contribution is 2.17. The molecule has 0 spiro atoms. The van der Waals surface area contributed by atoms with Crippen LogP contribution >= 0.6 is 0 Å². The van der Waals surface area contributed by atoms with E-state index in [0.29, 0.717) is 6.61 Å². The number of nitrogens with one attached hydrogen (secondary N) is 1. The average molecular weight is 234 g/mol. The van der Waals surface area contributed by atoms with Gasteiger partial charge in [-0.2, -0.15) is 0 Å². The van der Waals surface area contributed by atoms with E-state index < -0.39 is 0 Å². The van der Waals surface area contributed by atoms with E-state index >= 15 is 0 Å². The van der Waals surface area contributed by atoms with Gasteiger partial charge in [0.05, 0.1) is 12.7 Å². The second kappa shape index (κ2) is 4.71. The number of pyridine rings is 1. The summed E-state index contributed by atoms with van der Waals surface area (Å²) in [6.45, 7) is 6.34. The largest absolute Gasteiger partial charge is 0.384 e. The van der Waals surface area contributed by atoms with Crippen molar-refractivity contribution in [3.63, 3.8) is 0 Å². The summed E-state index contributed by atoms with van der Waals surface area (Å²) in [4.78, 5) is 6.67. The lowest BCUT2D eigenvalue weighted by Gasteiger charge is -2.32. The Bertz CT molecular complexity index is 433. The molecule has 0 radical (unpaired) electrons. The number of aryl methyl sites for hydroxylation is 1. The fourth-order valence-electron chi connectivity index (χ4n) is 2.00. The zero-order valence-electron chi connectivity index (χ0n) is 10.2. The number of anilines is 1. The highest BCUT2D eigenvalue weighted by atomic mass is 16.5. The van der Waals surface area contributed by atoms with Crippen molar-refractivity contribution >= 4 is 11.7 Å². The molecule has 3 N–H and O–H groups in total. The van der Waals surface area contributed by atoms with E-state index in [0.717, 1.165) is 30.2 Å². The van der Waals surface area contributed by atoms with Crippen molar-refractivity contribution in [1.82, 2.24) is 4.98 Å². The molecule has 92 valence electrons. The van der Waals surface area contributed by atoms with Crippen molar-refractivity contribution in [2.24, 2.45) is 5.73 Å². The lowest BCUT2D eigenvalue weighted by atomic mass is 10.2. The van der Waals surface area contributed by atoms with Crippen LogP contribution in [-0.2, 0) is 4.74 Å². The molecule has 1 aliphatic heterocycles. The van der Waals surface area contributed by atoms with Gasteiger partial charge in [-0.25, -0.2) is 4.98 Å². The maximum Gasteiger partial charge on any atom is 0.129 e. The number of morpholine rings is 1. The monoisotopic (exact) mass is 234 g/mol. The number of ether oxygens (including phenoxy) is 1. The number of nitrogen functional groups attached to an aromatic ring is 1. The molecule has 1 aromatic rings. The van der Waals surface area contributed by atoms with Crippen molar-refractivity contribution < 1.29 is 4.74 Å². The van der Waals surface area contributed by atoms with Gasteiger partial charge in [0.1, 0.15) is 11.7 Å². The first-order valence-corrected chi connectivity index (χ1v) is 5.76. The maximum absolute atomic E-state index is 7.49. The summed E-state index contributed by atoms with van der Waals surface area (Å²) in [6.07, 6.45) is 0.215. The Labute approximate surface area is 101 Å². The van der Waals surface area contributed by atoms with Crippen molar-refractivity contribution in [3.05, 3.63) is 23.4 Å². The van der Waals surface area contributed by atoms with Gasteiger partial charge in [-0.1, -0.05) is 0 Å². The first-order valence-electron chi connectivity index (χ1n) is 5.76. The van der Waals surface area contributed by atoms with Gasteiger partial charge in [0, 0.05) is 24.3 Å². The fraction of sp³-hybridized carbons (Fsp3) is 0.500. The molecule has 1 saturated heterocycles. The first kappa shape index (κ1) is 11.9. The van der Waals surface area contributed by atoms with E-state index in [9.17, 15) is 0 Å². The molecule has 0 bridgehead atoms. The lowest BCUT2D eigenvalue weighted by Crippen LogP contribution is -2.41. The van der Waals surface area contributed by atoms with E-state index in [2.05, 4.69) is 9.88 Å². The minimum Gasteiger partial charge on any atom is -0.384 e. The van der Waals surface area contributed by atoms with E-state index in [-0.39, 0.29) is 11.9 Å². The Balaban J connectivity index is 2.28. The molecule has 2 heterocycles. The summed E-state index contributed by atoms with van der Waals surface area (Å²) >= 11 is 0. The number of nitrogens with zero attached hydrogens (tertiary/aromatic N) is 2. The Hall–Kier alpha value is -1.62. The minimum atomic E-state index is 0.0815. The summed E-state index contributed by atoms with van der Waals surface area (Å²) < 4.78 is 5.50. The van der Waals surface area contributed by atoms with Crippen molar-refractivity contribution in [2.45, 2.75) is 20.0 Å². The number of amidine groups is 1. The fourth-order valence-corrected chi connectivity index (χ4v) is 2.00. The summed E-state index contributed by atoms with van der Waals surface area (Å²) in [5, 5.41) is 7.49. The van der Waals surface area contributed by atoms with Crippen LogP contribution in [0.5, 0.6) is 0 Å². The third kappa shape index (κ3) is 2.74. The first-order chi connectivity index (χ1) is 8.06. The molecule has 0 aromatic carbocycles. The summed E-state index contributed by atoms with van der Waals surface area (Å²) in [6, 6.07) is 3.70. The average Bonchev–Trinajstić information content (AvgIpc) is 2.28. The molecule has 5 heteroatoms. The van der Waals surface area contributed by atoms with E-state index in [1.807, 2.05) is 26.0 Å². The Kier molecular flexibility index (Phi) is 3.28. The molecule has 5 nitrogen and oxygen atoms in total. The highest BCUT2D eigenvalue weighted by molar-refractivity contribution is 5.95. The van der Waals surface area contributed by atoms with Crippen LogP contribution in [0.3, 0.4) is 0 Å². The molecule has 0 aliphatic carbocycles. The van der Waals surface area contributed by atoms with Gasteiger partial charge in [0.2, 0.25) is 0 Å². The molecule has 1 atom stereocenters. The molecule has 0 saturated carbocycles. The second-order valence-electron chi connectivity index (χ2n) is 4.40. The quantitative estimate of drug-likeness (QED) is 0.589. The molecule has 2 rings (SSSR count). The number of nitrogens with two attached hydrogens (primary N) is 1. The second-order valence-corrected chi connectivity index (χ2v) is 4.40. The van der Waals surface area contributed by atoms with Crippen LogP contribution in [-0.4, -0.2) is 36.6 Å². The predicted molar refractivity (Wildman–Crippen MR) is 67.6 cm³/mol. The van der Waals surface area contributed by atoms with Gasteiger partial charge in [-0.15, -0.1) is 0 Å². The number of hydrogen-bond acceptors (Lipinski definition) is 4. The minimum absolute atomic E-state index is 0.0815. The summed E-state index contributed by atoms with van der Waals surface area (Å²) in [7, 11) is 0. The van der Waals surface area contributed by atoms with Crippen molar-refractivity contribution in [1.29, 1.82) is 5.41 Å². The van der Waals surface area contributed by atoms with Gasteiger partial charge >= 0.3 is 0 Å². The SMILES string of the molecule is Cc1cc(C(=N)N)cc(N2CCOC(C)C2)n1. The van der Waals surface area contributed by atoms with Crippen LogP contribution in [0.15, 0.2) is 12.1 Å². The number of hydrogen-bond donors (Lipinski definition) is 2. The molecule has 0 amide bonds. The normalized spacial score (nSPS) is 20.4. The maximum atomic E-state index is 7.49. The molecule has 1 fully saturated rings. The number of aromatic nitrogens is 1. The Morgan fingerprint density at radius 1 is 1.59 bits per heavy atom. The van der Waals surface area contributed by atoms with Gasteiger partial charge in [-0.05, 0) is 26.0 Å². The molecule has 17 heavy (non-hydrogen) atoms. The molecule has 1 unspecified atom stereocenters. The van der Waals surface area contributed by atoms with Gasteiger partial charge < -0.3 is 15.4 Å². The van der Waals surface area contributed by atoms with E-state index in [1.54, 1.807) is 0 Å². The standard InChI is InChI=1S/C12H18N4O/c1-8-5-10(12(13)14)6-11(15-8)16-3-4-17-9(2)7-16/h5-6,9H,3-4,7H2,1-2H3,(H3,13,14). The molecule has 1 aliphatic rings. The van der Waals surface area contributed by atoms with Crippen LogP contribution in [0.4, 0.5) is 5.82 Å². The van der Waals surface area contributed by atoms with E-state index in [1.165, 1.54) is 0 Å². The van der Waals surface area contributed by atoms with Crippen LogP contribution in [0.2, 0.25) is 0 Å². The zero-order valence-corrected chi connectivity index (χ0v) is 10.2. The predicted octanol–water partition coefficient (Wildman–Crippen LogP) is 0.899. The van der Waals surface area contributed by atoms with Crippen LogP contribution in [0, 0.1) is 12.3 Å². The highest BCUT2D eigenvalue weighted by Gasteiger charge is 2.18. The zero-order chi connectivity index (χ0) is 12.4. The lowest BCUT2D eigenvalue weighted by molar-refractivity contribution is 0.0529. The van der Waals surface area contributed by atoms with Crippen LogP contribution in [0.1, 0.15) is 18.2 Å².